The maximum atomic E-state index is 11.2. The van der Waals surface area contributed by atoms with E-state index in [1.54, 1.807) is 0 Å². The second-order valence-corrected chi connectivity index (χ2v) is 6.11. The molecule has 1 saturated carbocycles. The predicted octanol–water partition coefficient (Wildman–Crippen LogP) is 2.64. The van der Waals surface area contributed by atoms with Crippen LogP contribution in [0.3, 0.4) is 0 Å². The number of thioether (sulfide) groups is 1. The zero-order chi connectivity index (χ0) is 8.48. The lowest BCUT2D eigenvalue weighted by Crippen LogP contribution is -2.18. The van der Waals surface area contributed by atoms with Crippen molar-refractivity contribution in [3.05, 3.63) is 0 Å². The Kier molecular flexibility index (Phi) is 2.63. The molecule has 0 radical (unpaired) electrons. The third-order valence-corrected chi connectivity index (χ3v) is 3.23. The molecule has 64 valence electrons. The van der Waals surface area contributed by atoms with Crippen LogP contribution in [-0.4, -0.2) is 15.8 Å². The van der Waals surface area contributed by atoms with Crippen LogP contribution in [0.1, 0.15) is 40.0 Å². The fraction of sp³-hybridized carbons (Fsp3) is 0.889. The van der Waals surface area contributed by atoms with E-state index in [1.807, 2.05) is 11.8 Å². The summed E-state index contributed by atoms with van der Waals surface area (Å²) in [5.74, 6) is 0.463. The van der Waals surface area contributed by atoms with Crippen molar-refractivity contribution in [2.75, 3.05) is 0 Å². The molecule has 0 saturated heterocycles. The van der Waals surface area contributed by atoms with E-state index in [1.165, 1.54) is 0 Å². The standard InChI is InChI=1S/C9H16OS/c1-9(2,3)11-8-6-4-5-7(8)10/h8H,4-6H2,1-3H3. The lowest BCUT2D eigenvalue weighted by molar-refractivity contribution is -0.116. The molecular formula is C9H16OS. The number of carbonyl (C=O) groups excluding carboxylic acids is 1. The Balaban J connectivity index is 2.43. The van der Waals surface area contributed by atoms with E-state index in [2.05, 4.69) is 20.8 Å². The Morgan fingerprint density at radius 1 is 1.45 bits per heavy atom. The average molecular weight is 172 g/mol. The number of Topliss-reactive ketones (excluding diaryl/α,β-unsaturated/α-hetero) is 1. The lowest BCUT2D eigenvalue weighted by Gasteiger charge is -2.21. The normalized spacial score (nSPS) is 26.1. The minimum absolute atomic E-state index is 0.241. The molecule has 1 nitrogen and oxygen atoms in total. The first-order chi connectivity index (χ1) is 4.99. The summed E-state index contributed by atoms with van der Waals surface area (Å²) in [5, 5.41) is 0.301. The maximum absolute atomic E-state index is 11.2. The van der Waals surface area contributed by atoms with Gasteiger partial charge in [0.1, 0.15) is 5.78 Å². The van der Waals surface area contributed by atoms with Gasteiger partial charge in [-0.3, -0.25) is 4.79 Å². The first-order valence-electron chi connectivity index (χ1n) is 4.19. The molecule has 11 heavy (non-hydrogen) atoms. The monoisotopic (exact) mass is 172 g/mol. The molecule has 1 rings (SSSR count). The number of ketones is 1. The predicted molar refractivity (Wildman–Crippen MR) is 50.0 cm³/mol. The molecule has 1 aliphatic rings. The summed E-state index contributed by atoms with van der Waals surface area (Å²) < 4.78 is 0.241. The van der Waals surface area contributed by atoms with Gasteiger partial charge in [0.15, 0.2) is 0 Å². The zero-order valence-electron chi connectivity index (χ0n) is 7.52. The Hall–Kier alpha value is 0.0200. The van der Waals surface area contributed by atoms with Gasteiger partial charge in [0, 0.05) is 11.2 Å². The van der Waals surface area contributed by atoms with Crippen molar-refractivity contribution >= 4 is 17.5 Å². The first-order valence-corrected chi connectivity index (χ1v) is 5.07. The summed E-state index contributed by atoms with van der Waals surface area (Å²) in [6.45, 7) is 6.51. The fourth-order valence-electron chi connectivity index (χ4n) is 1.34. The molecule has 1 aliphatic carbocycles. The van der Waals surface area contributed by atoms with Crippen molar-refractivity contribution in [1.82, 2.24) is 0 Å². The third-order valence-electron chi connectivity index (χ3n) is 1.74. The fourth-order valence-corrected chi connectivity index (χ4v) is 2.72. The van der Waals surface area contributed by atoms with Crippen LogP contribution in [0, 0.1) is 0 Å². The van der Waals surface area contributed by atoms with E-state index in [4.69, 9.17) is 0 Å². The molecule has 1 atom stereocenters. The molecule has 0 spiro atoms. The van der Waals surface area contributed by atoms with Crippen LogP contribution < -0.4 is 0 Å². The van der Waals surface area contributed by atoms with Gasteiger partial charge in [-0.2, -0.15) is 0 Å². The van der Waals surface area contributed by atoms with E-state index in [0.717, 1.165) is 19.3 Å². The highest BCUT2D eigenvalue weighted by molar-refractivity contribution is 8.01. The third kappa shape index (κ3) is 2.86. The van der Waals surface area contributed by atoms with Crippen LogP contribution in [0.4, 0.5) is 0 Å². The summed E-state index contributed by atoms with van der Waals surface area (Å²) in [6.07, 6.45) is 3.01. The van der Waals surface area contributed by atoms with Crippen LogP contribution in [0.15, 0.2) is 0 Å². The Morgan fingerprint density at radius 2 is 2.09 bits per heavy atom. The van der Waals surface area contributed by atoms with Crippen molar-refractivity contribution in [2.45, 2.75) is 50.0 Å². The molecule has 0 heterocycles. The largest absolute Gasteiger partial charge is 0.298 e. The SMILES string of the molecule is CC(C)(C)SC1CCCC1=O. The van der Waals surface area contributed by atoms with Gasteiger partial charge in [-0.25, -0.2) is 0 Å². The van der Waals surface area contributed by atoms with Gasteiger partial charge in [0.25, 0.3) is 0 Å². The summed E-state index contributed by atoms with van der Waals surface area (Å²) in [4.78, 5) is 11.2. The molecule has 0 bridgehead atoms. The molecule has 0 aromatic carbocycles. The van der Waals surface area contributed by atoms with Gasteiger partial charge in [0.05, 0.1) is 5.25 Å². The summed E-state index contributed by atoms with van der Waals surface area (Å²) in [7, 11) is 0. The van der Waals surface area contributed by atoms with Crippen LogP contribution in [-0.2, 0) is 4.79 Å². The van der Waals surface area contributed by atoms with Gasteiger partial charge in [-0.05, 0) is 12.8 Å². The van der Waals surface area contributed by atoms with Crippen LogP contribution in [0.5, 0.6) is 0 Å². The molecule has 0 aliphatic heterocycles. The van der Waals surface area contributed by atoms with Gasteiger partial charge >= 0.3 is 0 Å². The van der Waals surface area contributed by atoms with E-state index in [-0.39, 0.29) is 4.75 Å². The second kappa shape index (κ2) is 3.18. The Bertz CT molecular complexity index is 157. The highest BCUT2D eigenvalue weighted by Crippen LogP contribution is 2.35. The highest BCUT2D eigenvalue weighted by Gasteiger charge is 2.28. The van der Waals surface area contributed by atoms with Crippen molar-refractivity contribution in [3.8, 4) is 0 Å². The molecule has 1 unspecified atom stereocenters. The molecule has 0 aromatic heterocycles. The number of rotatable bonds is 1. The number of hydrogen-bond acceptors (Lipinski definition) is 2. The molecule has 0 amide bonds. The minimum atomic E-state index is 0.241. The van der Waals surface area contributed by atoms with Gasteiger partial charge < -0.3 is 0 Å². The Labute approximate surface area is 72.9 Å². The molecular weight excluding hydrogens is 156 g/mol. The smallest absolute Gasteiger partial charge is 0.145 e. The number of carbonyl (C=O) groups is 1. The van der Waals surface area contributed by atoms with Gasteiger partial charge in [-0.15, -0.1) is 11.8 Å². The first kappa shape index (κ1) is 9.11. The van der Waals surface area contributed by atoms with Gasteiger partial charge in [0.2, 0.25) is 0 Å². The topological polar surface area (TPSA) is 17.1 Å². The van der Waals surface area contributed by atoms with E-state index in [0.29, 0.717) is 11.0 Å². The van der Waals surface area contributed by atoms with Crippen molar-refractivity contribution in [2.24, 2.45) is 0 Å². The molecule has 0 N–H and O–H groups in total. The summed E-state index contributed by atoms with van der Waals surface area (Å²) in [6, 6.07) is 0. The maximum Gasteiger partial charge on any atom is 0.145 e. The summed E-state index contributed by atoms with van der Waals surface area (Å²) in [5.41, 5.74) is 0. The minimum Gasteiger partial charge on any atom is -0.298 e. The van der Waals surface area contributed by atoms with Crippen LogP contribution in [0.25, 0.3) is 0 Å². The number of hydrogen-bond donors (Lipinski definition) is 0. The average Bonchev–Trinajstić information content (AvgIpc) is 2.12. The van der Waals surface area contributed by atoms with Crippen molar-refractivity contribution in [1.29, 1.82) is 0 Å². The van der Waals surface area contributed by atoms with Crippen LogP contribution in [0.2, 0.25) is 0 Å². The molecule has 1 fully saturated rings. The zero-order valence-corrected chi connectivity index (χ0v) is 8.33. The van der Waals surface area contributed by atoms with E-state index in [9.17, 15) is 4.79 Å². The summed E-state index contributed by atoms with van der Waals surface area (Å²) >= 11 is 1.82. The van der Waals surface area contributed by atoms with Crippen LogP contribution >= 0.6 is 11.8 Å². The quantitative estimate of drug-likeness (QED) is 0.605. The van der Waals surface area contributed by atoms with E-state index >= 15 is 0 Å². The molecule has 0 aromatic rings. The highest BCUT2D eigenvalue weighted by atomic mass is 32.2. The van der Waals surface area contributed by atoms with Gasteiger partial charge in [-0.1, -0.05) is 20.8 Å². The lowest BCUT2D eigenvalue weighted by atomic mass is 10.3. The Morgan fingerprint density at radius 3 is 2.45 bits per heavy atom. The van der Waals surface area contributed by atoms with E-state index < -0.39 is 0 Å². The second-order valence-electron chi connectivity index (χ2n) is 4.08. The molecule has 2 heteroatoms. The van der Waals surface area contributed by atoms with Crippen molar-refractivity contribution in [3.63, 3.8) is 0 Å². The van der Waals surface area contributed by atoms with Crippen molar-refractivity contribution < 1.29 is 4.79 Å².